The third kappa shape index (κ3) is 7.18. The lowest BCUT2D eigenvalue weighted by Crippen LogP contribution is -2.39. The number of nitrogens with zero attached hydrogens (tertiary/aromatic N) is 2. The zero-order valence-electron chi connectivity index (χ0n) is 16.6. The van der Waals surface area contributed by atoms with Gasteiger partial charge in [0, 0.05) is 12.2 Å². The molecule has 3 aromatic rings. The Labute approximate surface area is 181 Å². The number of halogens is 3. The molecule has 0 radical (unpaired) electrons. The number of rotatable bonds is 8. The molecule has 0 atom stereocenters. The van der Waals surface area contributed by atoms with E-state index in [1.54, 1.807) is 6.07 Å². The maximum Gasteiger partial charge on any atom is 0.406 e. The van der Waals surface area contributed by atoms with Gasteiger partial charge in [-0.15, -0.1) is 0 Å². The zero-order chi connectivity index (χ0) is 22.3. The fraction of sp³-hybridized carbons (Fsp3) is 0.238. The van der Waals surface area contributed by atoms with E-state index in [2.05, 4.69) is 9.69 Å². The number of hydrogen-bond acceptors (Lipinski definition) is 6. The molecule has 0 aliphatic carbocycles. The summed E-state index contributed by atoms with van der Waals surface area (Å²) in [5.41, 5.74) is 1.34. The molecule has 0 bridgehead atoms. The van der Waals surface area contributed by atoms with Crippen LogP contribution in [0, 0.1) is 5.41 Å². The molecule has 0 aliphatic rings. The fourth-order valence-electron chi connectivity index (χ4n) is 2.59. The number of anilines is 2. The Morgan fingerprint density at radius 3 is 2.42 bits per heavy atom. The van der Waals surface area contributed by atoms with Gasteiger partial charge >= 0.3 is 6.18 Å². The lowest BCUT2D eigenvalue weighted by atomic mass is 10.3. The van der Waals surface area contributed by atoms with Gasteiger partial charge in [-0.25, -0.2) is 0 Å². The minimum absolute atomic E-state index is 0.0200. The van der Waals surface area contributed by atoms with Gasteiger partial charge in [0.25, 0.3) is 6.02 Å². The lowest BCUT2D eigenvalue weighted by Gasteiger charge is -2.23. The van der Waals surface area contributed by atoms with Gasteiger partial charge in [-0.1, -0.05) is 18.2 Å². The molecule has 10 heteroatoms. The Kier molecular flexibility index (Phi) is 7.35. The van der Waals surface area contributed by atoms with E-state index in [0.717, 1.165) is 21.3 Å². The van der Waals surface area contributed by atoms with Gasteiger partial charge in [-0.05, 0) is 60.9 Å². The maximum atomic E-state index is 12.5. The predicted molar refractivity (Wildman–Crippen MR) is 114 cm³/mol. The van der Waals surface area contributed by atoms with Crippen LogP contribution in [0.3, 0.4) is 0 Å². The summed E-state index contributed by atoms with van der Waals surface area (Å²) in [5.74, 6) is 1.45. The summed E-state index contributed by atoms with van der Waals surface area (Å²) in [6, 6.07) is 18.0. The second-order valence-corrected chi connectivity index (χ2v) is 7.28. The number of benzene rings is 2. The molecule has 2 N–H and O–H groups in total. The van der Waals surface area contributed by atoms with Crippen molar-refractivity contribution < 1.29 is 22.6 Å². The summed E-state index contributed by atoms with van der Waals surface area (Å²) in [5, 5.41) is 11.7. The Hall–Kier alpha value is -3.27. The summed E-state index contributed by atoms with van der Waals surface area (Å²) in [6.07, 6.45) is -4.40. The van der Waals surface area contributed by atoms with Crippen LogP contribution in [-0.4, -0.2) is 34.6 Å². The van der Waals surface area contributed by atoms with Crippen LogP contribution in [0.1, 0.15) is 12.6 Å². The number of hydrogen-bond donors (Lipinski definition) is 2. The first kappa shape index (κ1) is 22.4. The first-order valence-corrected chi connectivity index (χ1v) is 10.2. The minimum atomic E-state index is -4.40. The minimum Gasteiger partial charge on any atom is -0.459 e. The van der Waals surface area contributed by atoms with E-state index in [4.69, 9.17) is 14.9 Å². The standard InChI is InChI=1S/C21H21F3N4O2S/c1-2-28(14-21(22,23)24)20(25)29-13-16-12-19(31-27-16)26-15-8-10-18(11-9-15)30-17-6-4-3-5-7-17/h3-12,25-26H,2,13-14H2,1H3. The number of para-hydroxylation sites is 1. The van der Waals surface area contributed by atoms with Crippen molar-refractivity contribution in [2.24, 2.45) is 0 Å². The molecule has 1 aromatic heterocycles. The molecular weight excluding hydrogens is 429 g/mol. The van der Waals surface area contributed by atoms with E-state index >= 15 is 0 Å². The molecule has 2 aromatic carbocycles. The number of amidine groups is 1. The van der Waals surface area contributed by atoms with Crippen molar-refractivity contribution in [1.29, 1.82) is 5.41 Å². The number of nitrogens with one attached hydrogen (secondary N) is 2. The summed E-state index contributed by atoms with van der Waals surface area (Å²) in [7, 11) is 0. The molecule has 1 heterocycles. The van der Waals surface area contributed by atoms with Crippen molar-refractivity contribution in [1.82, 2.24) is 9.27 Å². The molecule has 0 spiro atoms. The van der Waals surface area contributed by atoms with Crippen LogP contribution in [0.4, 0.5) is 23.9 Å². The molecule has 0 saturated carbocycles. The van der Waals surface area contributed by atoms with Crippen molar-refractivity contribution in [3.8, 4) is 11.5 Å². The normalized spacial score (nSPS) is 11.1. The Morgan fingerprint density at radius 1 is 1.10 bits per heavy atom. The molecule has 164 valence electrons. The molecule has 6 nitrogen and oxygen atoms in total. The maximum absolute atomic E-state index is 12.5. The average molecular weight is 450 g/mol. The molecule has 0 amide bonds. The summed E-state index contributed by atoms with van der Waals surface area (Å²) in [4.78, 5) is 0.810. The number of alkyl halides is 3. The van der Waals surface area contributed by atoms with Crippen molar-refractivity contribution in [2.75, 3.05) is 18.4 Å². The van der Waals surface area contributed by atoms with E-state index in [1.165, 1.54) is 18.5 Å². The second kappa shape index (κ2) is 10.2. The van der Waals surface area contributed by atoms with E-state index in [-0.39, 0.29) is 13.2 Å². The average Bonchev–Trinajstić information content (AvgIpc) is 3.19. The summed E-state index contributed by atoms with van der Waals surface area (Å²) < 4.78 is 52.8. The molecule has 31 heavy (non-hydrogen) atoms. The summed E-state index contributed by atoms with van der Waals surface area (Å²) >= 11 is 1.19. The highest BCUT2D eigenvalue weighted by Crippen LogP contribution is 2.26. The quantitative estimate of drug-likeness (QED) is 0.325. The van der Waals surface area contributed by atoms with E-state index in [1.807, 2.05) is 54.6 Å². The van der Waals surface area contributed by atoms with Crippen molar-refractivity contribution in [3.63, 3.8) is 0 Å². The molecule has 0 unspecified atom stereocenters. The first-order chi connectivity index (χ1) is 14.8. The first-order valence-electron chi connectivity index (χ1n) is 9.41. The monoisotopic (exact) mass is 450 g/mol. The second-order valence-electron chi connectivity index (χ2n) is 6.47. The third-order valence-electron chi connectivity index (χ3n) is 4.06. The van der Waals surface area contributed by atoms with Gasteiger partial charge < -0.3 is 19.7 Å². The van der Waals surface area contributed by atoms with Crippen molar-refractivity contribution >= 4 is 28.2 Å². The topological polar surface area (TPSA) is 70.5 Å². The van der Waals surface area contributed by atoms with Gasteiger partial charge in [-0.2, -0.15) is 17.5 Å². The van der Waals surface area contributed by atoms with Crippen molar-refractivity contribution in [3.05, 3.63) is 66.4 Å². The predicted octanol–water partition coefficient (Wildman–Crippen LogP) is 6.01. The lowest BCUT2D eigenvalue weighted by molar-refractivity contribution is -0.139. The Morgan fingerprint density at radius 2 is 1.77 bits per heavy atom. The molecule has 0 fully saturated rings. The van der Waals surface area contributed by atoms with Crippen LogP contribution in [0.2, 0.25) is 0 Å². The molecule has 0 aliphatic heterocycles. The SMILES string of the molecule is CCN(CC(F)(F)F)C(=N)OCc1cc(Nc2ccc(Oc3ccccc3)cc2)sn1. The number of ether oxygens (including phenoxy) is 2. The third-order valence-corrected chi connectivity index (χ3v) is 4.80. The molecule has 3 rings (SSSR count). The van der Waals surface area contributed by atoms with Gasteiger partial charge in [0.15, 0.2) is 0 Å². The zero-order valence-corrected chi connectivity index (χ0v) is 17.5. The Bertz CT molecular complexity index is 978. The van der Waals surface area contributed by atoms with E-state index < -0.39 is 18.7 Å². The molecular formula is C21H21F3N4O2S. The van der Waals surface area contributed by atoms with Gasteiger partial charge in [0.1, 0.15) is 29.7 Å². The largest absolute Gasteiger partial charge is 0.459 e. The van der Waals surface area contributed by atoms with E-state index in [0.29, 0.717) is 11.4 Å². The van der Waals surface area contributed by atoms with Crippen LogP contribution in [0.25, 0.3) is 0 Å². The van der Waals surface area contributed by atoms with E-state index in [9.17, 15) is 13.2 Å². The highest BCUT2D eigenvalue weighted by atomic mass is 32.1. The van der Waals surface area contributed by atoms with Crippen LogP contribution >= 0.6 is 11.5 Å². The van der Waals surface area contributed by atoms with Gasteiger partial charge in [-0.3, -0.25) is 5.41 Å². The fourth-order valence-corrected chi connectivity index (χ4v) is 3.26. The highest BCUT2D eigenvalue weighted by Gasteiger charge is 2.31. The van der Waals surface area contributed by atoms with Crippen LogP contribution in [0.5, 0.6) is 11.5 Å². The number of aromatic nitrogens is 1. The van der Waals surface area contributed by atoms with Crippen LogP contribution in [0.15, 0.2) is 60.7 Å². The van der Waals surface area contributed by atoms with Gasteiger partial charge in [0.05, 0.1) is 5.69 Å². The smallest absolute Gasteiger partial charge is 0.406 e. The van der Waals surface area contributed by atoms with Crippen LogP contribution < -0.4 is 10.1 Å². The Balaban J connectivity index is 1.51. The highest BCUT2D eigenvalue weighted by molar-refractivity contribution is 7.10. The molecule has 0 saturated heterocycles. The van der Waals surface area contributed by atoms with Crippen molar-refractivity contribution in [2.45, 2.75) is 19.7 Å². The van der Waals surface area contributed by atoms with Gasteiger partial charge in [0.2, 0.25) is 0 Å². The summed E-state index contributed by atoms with van der Waals surface area (Å²) in [6.45, 7) is 0.238. The van der Waals surface area contributed by atoms with Crippen LogP contribution in [-0.2, 0) is 11.3 Å².